The van der Waals surface area contributed by atoms with E-state index in [1.165, 1.54) is 0 Å². The number of benzene rings is 1. The van der Waals surface area contributed by atoms with Gasteiger partial charge in [-0.05, 0) is 17.5 Å². The second-order valence-electron chi connectivity index (χ2n) is 4.38. The molecule has 0 unspecified atom stereocenters. The molecule has 0 radical (unpaired) electrons. The molecule has 0 spiro atoms. The van der Waals surface area contributed by atoms with E-state index in [4.69, 9.17) is 16.6 Å². The van der Waals surface area contributed by atoms with E-state index in [0.717, 1.165) is 11.1 Å². The lowest BCUT2D eigenvalue weighted by Crippen LogP contribution is -2.32. The number of aromatic nitrogens is 2. The van der Waals surface area contributed by atoms with Gasteiger partial charge in [0, 0.05) is 12.4 Å². The molecule has 100 valence electrons. The number of nitrogen functional groups attached to an aromatic ring is 1. The number of nitrogens with two attached hydrogens (primary N) is 2. The third kappa shape index (κ3) is 3.32. The van der Waals surface area contributed by atoms with Crippen LogP contribution in [0.4, 0.5) is 5.95 Å². The minimum Gasteiger partial charge on any atom is -0.480 e. The zero-order valence-corrected chi connectivity index (χ0v) is 10.4. The quantitative estimate of drug-likeness (QED) is 0.724. The molecule has 1 heterocycles. The van der Waals surface area contributed by atoms with E-state index in [2.05, 4.69) is 4.98 Å². The Hall–Kier alpha value is -2.34. The third-order valence-corrected chi connectivity index (χ3v) is 2.90. The number of nitrogens with zero attached hydrogens (tertiary/aromatic N) is 2. The van der Waals surface area contributed by atoms with Gasteiger partial charge in [-0.25, -0.2) is 4.98 Å². The van der Waals surface area contributed by atoms with Gasteiger partial charge in [0.15, 0.2) is 5.95 Å². The van der Waals surface area contributed by atoms with Crippen molar-refractivity contribution in [3.63, 3.8) is 0 Å². The lowest BCUT2D eigenvalue weighted by atomic mass is 10.0. The molecule has 0 saturated heterocycles. The number of anilines is 1. The molecule has 5 N–H and O–H groups in total. The average Bonchev–Trinajstić information content (AvgIpc) is 2.77. The summed E-state index contributed by atoms with van der Waals surface area (Å²) < 4.78 is 1.83. The van der Waals surface area contributed by atoms with Crippen LogP contribution in [0.2, 0.25) is 0 Å². The van der Waals surface area contributed by atoms with Gasteiger partial charge in [0.05, 0.1) is 6.54 Å². The van der Waals surface area contributed by atoms with Crippen LogP contribution < -0.4 is 11.5 Å². The topological polar surface area (TPSA) is 107 Å². The van der Waals surface area contributed by atoms with Crippen LogP contribution in [-0.4, -0.2) is 26.7 Å². The molecule has 6 heteroatoms. The number of carbonyl (C=O) groups is 1. The lowest BCUT2D eigenvalue weighted by Gasteiger charge is -2.08. The Kier molecular flexibility index (Phi) is 3.82. The molecular formula is C13H16N4O2. The highest BCUT2D eigenvalue weighted by Crippen LogP contribution is 2.10. The summed E-state index contributed by atoms with van der Waals surface area (Å²) in [6.07, 6.45) is 3.78. The molecular weight excluding hydrogens is 244 g/mol. The summed E-state index contributed by atoms with van der Waals surface area (Å²) in [6.45, 7) is 0.636. The molecule has 6 nitrogen and oxygen atoms in total. The number of hydrogen-bond donors (Lipinski definition) is 3. The Morgan fingerprint density at radius 1 is 1.32 bits per heavy atom. The predicted octanol–water partition coefficient (Wildman–Crippen LogP) is 0.468. The summed E-state index contributed by atoms with van der Waals surface area (Å²) in [5, 5.41) is 8.75. The fourth-order valence-electron chi connectivity index (χ4n) is 1.79. The number of imidazole rings is 1. The van der Waals surface area contributed by atoms with E-state index in [0.29, 0.717) is 18.9 Å². The normalized spacial score (nSPS) is 12.3. The molecule has 0 bridgehead atoms. The summed E-state index contributed by atoms with van der Waals surface area (Å²) >= 11 is 0. The van der Waals surface area contributed by atoms with E-state index < -0.39 is 12.0 Å². The van der Waals surface area contributed by atoms with E-state index >= 15 is 0 Å². The van der Waals surface area contributed by atoms with Crippen molar-refractivity contribution in [1.82, 2.24) is 9.55 Å². The second kappa shape index (κ2) is 5.53. The van der Waals surface area contributed by atoms with Crippen LogP contribution in [-0.2, 0) is 17.8 Å². The van der Waals surface area contributed by atoms with Crippen LogP contribution in [0.15, 0.2) is 36.7 Å². The fourth-order valence-corrected chi connectivity index (χ4v) is 1.79. The van der Waals surface area contributed by atoms with Crippen molar-refractivity contribution in [2.24, 2.45) is 5.73 Å². The molecule has 2 rings (SSSR count). The summed E-state index contributed by atoms with van der Waals surface area (Å²) in [5.74, 6) is -0.521. The first-order valence-electron chi connectivity index (χ1n) is 5.89. The van der Waals surface area contributed by atoms with Gasteiger partial charge < -0.3 is 21.1 Å². The Balaban J connectivity index is 2.02. The Morgan fingerprint density at radius 2 is 1.95 bits per heavy atom. The minimum absolute atomic E-state index is 0.322. The predicted molar refractivity (Wildman–Crippen MR) is 71.5 cm³/mol. The highest BCUT2D eigenvalue weighted by atomic mass is 16.4. The van der Waals surface area contributed by atoms with Gasteiger partial charge in [0.2, 0.25) is 0 Å². The van der Waals surface area contributed by atoms with Crippen LogP contribution >= 0.6 is 0 Å². The van der Waals surface area contributed by atoms with E-state index in [9.17, 15) is 4.79 Å². The van der Waals surface area contributed by atoms with Crippen molar-refractivity contribution < 1.29 is 9.90 Å². The maximum atomic E-state index is 10.7. The van der Waals surface area contributed by atoms with Gasteiger partial charge in [-0.3, -0.25) is 4.79 Å². The first kappa shape index (κ1) is 13.1. The number of aliphatic carboxylic acids is 1. The van der Waals surface area contributed by atoms with E-state index in [1.54, 1.807) is 6.20 Å². The number of hydrogen-bond acceptors (Lipinski definition) is 4. The fraction of sp³-hybridized carbons (Fsp3) is 0.231. The molecule has 2 aromatic rings. The SMILES string of the molecule is Nc1nccn1Cc1ccc(C[C@H](N)C(=O)O)cc1. The van der Waals surface area contributed by atoms with Crippen LogP contribution in [0.3, 0.4) is 0 Å². The monoisotopic (exact) mass is 260 g/mol. The van der Waals surface area contributed by atoms with E-state index in [-0.39, 0.29) is 0 Å². The molecule has 0 saturated carbocycles. The van der Waals surface area contributed by atoms with Crippen molar-refractivity contribution in [1.29, 1.82) is 0 Å². The smallest absolute Gasteiger partial charge is 0.320 e. The third-order valence-electron chi connectivity index (χ3n) is 2.90. The molecule has 19 heavy (non-hydrogen) atoms. The summed E-state index contributed by atoms with van der Waals surface area (Å²) in [6, 6.07) is 6.76. The van der Waals surface area contributed by atoms with Crippen molar-refractivity contribution in [3.8, 4) is 0 Å². The van der Waals surface area contributed by atoms with Crippen molar-refractivity contribution in [2.75, 3.05) is 5.73 Å². The van der Waals surface area contributed by atoms with Gasteiger partial charge >= 0.3 is 5.97 Å². The molecule has 0 amide bonds. The van der Waals surface area contributed by atoms with Crippen molar-refractivity contribution in [3.05, 3.63) is 47.8 Å². The van der Waals surface area contributed by atoms with Gasteiger partial charge in [-0.2, -0.15) is 0 Å². The molecule has 0 fully saturated rings. The molecule has 0 aliphatic heterocycles. The van der Waals surface area contributed by atoms with Gasteiger partial charge in [0.1, 0.15) is 6.04 Å². The largest absolute Gasteiger partial charge is 0.480 e. The molecule has 1 aromatic heterocycles. The van der Waals surface area contributed by atoms with Crippen LogP contribution in [0.1, 0.15) is 11.1 Å². The second-order valence-corrected chi connectivity index (χ2v) is 4.38. The maximum absolute atomic E-state index is 10.7. The van der Waals surface area contributed by atoms with Crippen LogP contribution in [0, 0.1) is 0 Å². The van der Waals surface area contributed by atoms with Gasteiger partial charge in [-0.15, -0.1) is 0 Å². The average molecular weight is 260 g/mol. The Bertz CT molecular complexity index is 562. The zero-order valence-electron chi connectivity index (χ0n) is 10.4. The molecule has 1 atom stereocenters. The maximum Gasteiger partial charge on any atom is 0.320 e. The molecule has 0 aliphatic carbocycles. The summed E-state index contributed by atoms with van der Waals surface area (Å²) in [7, 11) is 0. The highest BCUT2D eigenvalue weighted by molar-refractivity contribution is 5.73. The molecule has 1 aromatic carbocycles. The minimum atomic E-state index is -0.990. The Morgan fingerprint density at radius 3 is 2.47 bits per heavy atom. The van der Waals surface area contributed by atoms with E-state index in [1.807, 2.05) is 35.0 Å². The first-order chi connectivity index (χ1) is 9.06. The first-order valence-corrected chi connectivity index (χ1v) is 5.89. The lowest BCUT2D eigenvalue weighted by molar-refractivity contribution is -0.138. The number of carboxylic acids is 1. The van der Waals surface area contributed by atoms with Crippen molar-refractivity contribution >= 4 is 11.9 Å². The standard InChI is InChI=1S/C13H16N4O2/c14-11(12(18)19)7-9-1-3-10(4-2-9)8-17-6-5-16-13(17)15/h1-6,11H,7-8,14H2,(H2,15,16)(H,18,19)/t11-/m0/s1. The van der Waals surface area contributed by atoms with Gasteiger partial charge in [0.25, 0.3) is 0 Å². The summed E-state index contributed by atoms with van der Waals surface area (Å²) in [5.41, 5.74) is 13.1. The number of rotatable bonds is 5. The van der Waals surface area contributed by atoms with Gasteiger partial charge in [-0.1, -0.05) is 24.3 Å². The summed E-state index contributed by atoms with van der Waals surface area (Å²) in [4.78, 5) is 14.6. The Labute approximate surface area is 110 Å². The van der Waals surface area contributed by atoms with Crippen LogP contribution in [0.25, 0.3) is 0 Å². The van der Waals surface area contributed by atoms with Crippen LogP contribution in [0.5, 0.6) is 0 Å². The van der Waals surface area contributed by atoms with Crippen molar-refractivity contribution in [2.45, 2.75) is 19.0 Å². The zero-order chi connectivity index (χ0) is 13.8. The highest BCUT2D eigenvalue weighted by Gasteiger charge is 2.11. The molecule has 0 aliphatic rings. The number of carboxylic acid groups (broad SMARTS) is 1.